The first-order valence-electron chi connectivity index (χ1n) is 8.34. The number of nitrogens with zero attached hydrogens (tertiary/aromatic N) is 2. The van der Waals surface area contributed by atoms with Gasteiger partial charge in [0.1, 0.15) is 11.6 Å². The van der Waals surface area contributed by atoms with Gasteiger partial charge in [0.05, 0.1) is 7.11 Å². The van der Waals surface area contributed by atoms with E-state index < -0.39 is 0 Å². The average molecular weight is 342 g/mol. The maximum Gasteiger partial charge on any atom is 0.251 e. The number of nitrogens with one attached hydrogen (secondary N) is 2. The molecule has 0 aliphatic carbocycles. The fourth-order valence-electron chi connectivity index (χ4n) is 2.33. The lowest BCUT2D eigenvalue weighted by molar-refractivity contribution is 0.0954. The first-order valence-corrected chi connectivity index (χ1v) is 8.34. The van der Waals surface area contributed by atoms with Crippen LogP contribution in [0.3, 0.4) is 0 Å². The lowest BCUT2D eigenvalue weighted by Gasteiger charge is -2.11. The summed E-state index contributed by atoms with van der Waals surface area (Å²) in [6, 6.07) is 11.3. The lowest BCUT2D eigenvalue weighted by Crippen LogP contribution is -2.26. The summed E-state index contributed by atoms with van der Waals surface area (Å²) in [6.45, 7) is 2.25. The third-order valence-corrected chi connectivity index (χ3v) is 3.72. The van der Waals surface area contributed by atoms with Gasteiger partial charge in [-0.25, -0.2) is 4.98 Å². The van der Waals surface area contributed by atoms with Gasteiger partial charge in [0.15, 0.2) is 0 Å². The third kappa shape index (κ3) is 6.43. The van der Waals surface area contributed by atoms with Crippen molar-refractivity contribution < 1.29 is 9.53 Å². The van der Waals surface area contributed by atoms with Crippen molar-refractivity contribution in [3.8, 4) is 5.75 Å². The van der Waals surface area contributed by atoms with Crippen molar-refractivity contribution in [2.45, 2.75) is 6.42 Å². The molecule has 0 radical (unpaired) electrons. The van der Waals surface area contributed by atoms with Crippen molar-refractivity contribution in [3.63, 3.8) is 0 Å². The molecule has 0 saturated carbocycles. The molecule has 0 spiro atoms. The van der Waals surface area contributed by atoms with E-state index in [-0.39, 0.29) is 5.91 Å². The van der Waals surface area contributed by atoms with E-state index in [2.05, 4.69) is 20.5 Å². The number of aromatic nitrogens is 1. The van der Waals surface area contributed by atoms with Crippen LogP contribution in [-0.2, 0) is 6.42 Å². The van der Waals surface area contributed by atoms with E-state index in [0.717, 1.165) is 30.8 Å². The van der Waals surface area contributed by atoms with Gasteiger partial charge in [-0.2, -0.15) is 0 Å². The number of rotatable bonds is 9. The quantitative estimate of drug-likeness (QED) is 0.730. The predicted molar refractivity (Wildman–Crippen MR) is 100 cm³/mol. The number of ether oxygens (including phenoxy) is 1. The number of hydrogen-bond donors (Lipinski definition) is 2. The molecule has 6 nitrogen and oxygen atoms in total. The fraction of sp³-hybridized carbons (Fsp3) is 0.368. The third-order valence-electron chi connectivity index (χ3n) is 3.72. The van der Waals surface area contributed by atoms with Crippen molar-refractivity contribution in [1.29, 1.82) is 0 Å². The topological polar surface area (TPSA) is 66.5 Å². The van der Waals surface area contributed by atoms with Gasteiger partial charge >= 0.3 is 0 Å². The average Bonchev–Trinajstić information content (AvgIpc) is 2.62. The number of hydrogen-bond acceptors (Lipinski definition) is 5. The van der Waals surface area contributed by atoms with Gasteiger partial charge < -0.3 is 20.3 Å². The molecular weight excluding hydrogens is 316 g/mol. The van der Waals surface area contributed by atoms with Crippen molar-refractivity contribution in [2.75, 3.05) is 46.2 Å². The van der Waals surface area contributed by atoms with Crippen LogP contribution in [0.5, 0.6) is 5.75 Å². The maximum absolute atomic E-state index is 12.3. The maximum atomic E-state index is 12.3. The molecule has 0 aliphatic heterocycles. The van der Waals surface area contributed by atoms with Gasteiger partial charge in [-0.1, -0.05) is 12.1 Å². The van der Waals surface area contributed by atoms with Crippen molar-refractivity contribution in [1.82, 2.24) is 15.2 Å². The van der Waals surface area contributed by atoms with Crippen LogP contribution in [0.2, 0.25) is 0 Å². The van der Waals surface area contributed by atoms with Gasteiger partial charge in [-0.05, 0) is 50.3 Å². The minimum Gasteiger partial charge on any atom is -0.497 e. The smallest absolute Gasteiger partial charge is 0.251 e. The molecule has 1 amide bonds. The van der Waals surface area contributed by atoms with E-state index >= 15 is 0 Å². The van der Waals surface area contributed by atoms with E-state index in [9.17, 15) is 4.79 Å². The highest BCUT2D eigenvalue weighted by Gasteiger charge is 2.07. The largest absolute Gasteiger partial charge is 0.497 e. The van der Waals surface area contributed by atoms with Crippen LogP contribution in [0, 0.1) is 0 Å². The molecule has 0 bridgehead atoms. The van der Waals surface area contributed by atoms with Crippen LogP contribution in [0.15, 0.2) is 42.6 Å². The normalized spacial score (nSPS) is 10.6. The van der Waals surface area contributed by atoms with Crippen LogP contribution in [0.25, 0.3) is 0 Å². The summed E-state index contributed by atoms with van der Waals surface area (Å²) in [6.07, 6.45) is 2.40. The van der Waals surface area contributed by atoms with Crippen molar-refractivity contribution in [2.24, 2.45) is 0 Å². The summed E-state index contributed by atoms with van der Waals surface area (Å²) in [4.78, 5) is 18.6. The number of carbonyl (C=O) groups excluding carboxylic acids is 1. The molecule has 6 heteroatoms. The summed E-state index contributed by atoms with van der Waals surface area (Å²) in [5, 5.41) is 6.16. The van der Waals surface area contributed by atoms with Crippen LogP contribution in [0.1, 0.15) is 15.9 Å². The van der Waals surface area contributed by atoms with Gasteiger partial charge in [0.2, 0.25) is 0 Å². The van der Waals surface area contributed by atoms with E-state index in [1.807, 2.05) is 38.4 Å². The number of likely N-dealkylation sites (N-methyl/N-ethyl adjacent to an activating group) is 1. The molecule has 134 valence electrons. The molecule has 1 aromatic carbocycles. The molecule has 25 heavy (non-hydrogen) atoms. The Labute approximate surface area is 149 Å². The molecule has 0 fully saturated rings. The zero-order valence-corrected chi connectivity index (χ0v) is 15.1. The molecule has 2 N–H and O–H groups in total. The predicted octanol–water partition coefficient (Wildman–Crippen LogP) is 2.04. The second kappa shape index (κ2) is 9.64. The second-order valence-electron chi connectivity index (χ2n) is 6.02. The number of methoxy groups -OCH3 is 1. The highest BCUT2D eigenvalue weighted by Crippen LogP contribution is 2.12. The number of anilines is 1. The molecule has 0 unspecified atom stereocenters. The molecular formula is C19H26N4O2. The van der Waals surface area contributed by atoms with Crippen LogP contribution in [0.4, 0.5) is 5.82 Å². The molecule has 0 atom stereocenters. The lowest BCUT2D eigenvalue weighted by atomic mass is 10.1. The zero-order chi connectivity index (χ0) is 18.1. The van der Waals surface area contributed by atoms with Crippen LogP contribution < -0.4 is 15.4 Å². The first-order chi connectivity index (χ1) is 12.1. The molecule has 1 heterocycles. The Bertz CT molecular complexity index is 689. The standard InChI is InChI=1S/C19H26N4O2/c1-23(2)12-11-21-18-14-16(8-10-20-18)19(24)22-9-7-15-5-4-6-17(13-15)25-3/h4-6,8,10,13-14H,7,9,11-12H2,1-3H3,(H,20,21)(H,22,24). The van der Waals surface area contributed by atoms with Gasteiger partial charge in [0, 0.05) is 31.4 Å². The summed E-state index contributed by atoms with van der Waals surface area (Å²) in [5.41, 5.74) is 1.73. The van der Waals surface area contributed by atoms with Gasteiger partial charge in [-0.15, -0.1) is 0 Å². The summed E-state index contributed by atoms with van der Waals surface area (Å²) < 4.78 is 5.21. The van der Waals surface area contributed by atoms with E-state index in [1.54, 1.807) is 25.4 Å². The molecule has 0 aliphatic rings. The Kier molecular flexibility index (Phi) is 7.22. The zero-order valence-electron chi connectivity index (χ0n) is 15.1. The fourth-order valence-corrected chi connectivity index (χ4v) is 2.33. The summed E-state index contributed by atoms with van der Waals surface area (Å²) in [5.74, 6) is 1.44. The molecule has 0 saturated heterocycles. The number of amides is 1. The SMILES string of the molecule is COc1cccc(CCNC(=O)c2ccnc(NCCN(C)C)c2)c1. The Morgan fingerprint density at radius 2 is 2.04 bits per heavy atom. The minimum atomic E-state index is -0.0963. The molecule has 2 aromatic rings. The van der Waals surface area contributed by atoms with Crippen molar-refractivity contribution in [3.05, 3.63) is 53.7 Å². The van der Waals surface area contributed by atoms with Crippen LogP contribution >= 0.6 is 0 Å². The summed E-state index contributed by atoms with van der Waals surface area (Å²) >= 11 is 0. The van der Waals surface area contributed by atoms with Crippen molar-refractivity contribution >= 4 is 11.7 Å². The Morgan fingerprint density at radius 1 is 1.20 bits per heavy atom. The first kappa shape index (κ1) is 18.7. The highest BCUT2D eigenvalue weighted by molar-refractivity contribution is 5.94. The molecule has 1 aromatic heterocycles. The Hall–Kier alpha value is -2.60. The van der Waals surface area contributed by atoms with Gasteiger partial charge in [-0.3, -0.25) is 4.79 Å². The van der Waals surface area contributed by atoms with Crippen LogP contribution in [-0.4, -0.2) is 56.6 Å². The Balaban J connectivity index is 1.83. The minimum absolute atomic E-state index is 0.0963. The molecule has 2 rings (SSSR count). The number of benzene rings is 1. The summed E-state index contributed by atoms with van der Waals surface area (Å²) in [7, 11) is 5.68. The Morgan fingerprint density at radius 3 is 2.80 bits per heavy atom. The van der Waals surface area contributed by atoms with E-state index in [0.29, 0.717) is 17.9 Å². The monoisotopic (exact) mass is 342 g/mol. The van der Waals surface area contributed by atoms with Gasteiger partial charge in [0.25, 0.3) is 5.91 Å². The number of pyridine rings is 1. The highest BCUT2D eigenvalue weighted by atomic mass is 16.5. The van der Waals surface area contributed by atoms with E-state index in [1.165, 1.54) is 0 Å². The number of carbonyl (C=O) groups is 1. The van der Waals surface area contributed by atoms with E-state index in [4.69, 9.17) is 4.74 Å². The second-order valence-corrected chi connectivity index (χ2v) is 6.02.